The minimum absolute atomic E-state index is 0.483. The first-order chi connectivity index (χ1) is 9.18. The molecule has 1 fully saturated rings. The number of piperidine rings is 1. The predicted octanol–water partition coefficient (Wildman–Crippen LogP) is 3.91. The van der Waals surface area contributed by atoms with Gasteiger partial charge in [0.1, 0.15) is 0 Å². The first kappa shape index (κ1) is 12.7. The van der Waals surface area contributed by atoms with Crippen LogP contribution in [0.1, 0.15) is 26.7 Å². The molecule has 0 aliphatic carbocycles. The van der Waals surface area contributed by atoms with E-state index in [1.807, 2.05) is 18.2 Å². The average Bonchev–Trinajstić information content (AvgIpc) is 2.43. The Hall–Kier alpha value is -1.35. The number of nitrogens with zero attached hydrogens (tertiary/aromatic N) is 3. The summed E-state index contributed by atoms with van der Waals surface area (Å²) < 4.78 is 0. The van der Waals surface area contributed by atoms with Crippen LogP contribution in [0.4, 0.5) is 5.82 Å². The van der Waals surface area contributed by atoms with Crippen LogP contribution in [0, 0.1) is 5.92 Å². The Kier molecular flexibility index (Phi) is 3.31. The van der Waals surface area contributed by atoms with Crippen molar-refractivity contribution in [2.75, 3.05) is 11.4 Å². The third-order valence-corrected chi connectivity index (χ3v) is 4.55. The van der Waals surface area contributed by atoms with Gasteiger partial charge in [-0.2, -0.15) is 0 Å². The lowest BCUT2D eigenvalue weighted by Crippen LogP contribution is -2.43. The largest absolute Gasteiger partial charge is 0.352 e. The zero-order valence-electron chi connectivity index (χ0n) is 11.3. The molecule has 1 saturated heterocycles. The Morgan fingerprint density at radius 3 is 2.68 bits per heavy atom. The maximum absolute atomic E-state index is 6.14. The van der Waals surface area contributed by atoms with Crippen molar-refractivity contribution in [1.82, 2.24) is 10.2 Å². The summed E-state index contributed by atoms with van der Waals surface area (Å²) in [6, 6.07) is 8.60. The Bertz CT molecular complexity index is 599. The first-order valence-corrected chi connectivity index (χ1v) is 7.24. The molecular weight excluding hydrogens is 258 g/mol. The van der Waals surface area contributed by atoms with Gasteiger partial charge in [-0.1, -0.05) is 42.8 Å². The van der Waals surface area contributed by atoms with E-state index >= 15 is 0 Å². The van der Waals surface area contributed by atoms with Crippen molar-refractivity contribution in [3.63, 3.8) is 0 Å². The molecule has 1 aromatic carbocycles. The highest BCUT2D eigenvalue weighted by Crippen LogP contribution is 2.33. The Morgan fingerprint density at radius 2 is 1.89 bits per heavy atom. The van der Waals surface area contributed by atoms with Crippen LogP contribution in [0.3, 0.4) is 0 Å². The topological polar surface area (TPSA) is 29.0 Å². The van der Waals surface area contributed by atoms with Gasteiger partial charge in [-0.25, -0.2) is 0 Å². The van der Waals surface area contributed by atoms with E-state index in [-0.39, 0.29) is 0 Å². The zero-order chi connectivity index (χ0) is 13.4. The smallest absolute Gasteiger partial charge is 0.159 e. The van der Waals surface area contributed by atoms with Crippen LogP contribution in [-0.4, -0.2) is 22.8 Å². The molecular formula is C15H18ClN3. The number of hydrogen-bond acceptors (Lipinski definition) is 3. The maximum Gasteiger partial charge on any atom is 0.159 e. The molecule has 0 amide bonds. The van der Waals surface area contributed by atoms with Crippen molar-refractivity contribution in [3.05, 3.63) is 29.4 Å². The number of benzene rings is 1. The summed E-state index contributed by atoms with van der Waals surface area (Å²) in [5.74, 6) is 1.66. The van der Waals surface area contributed by atoms with Crippen molar-refractivity contribution < 1.29 is 0 Å². The summed E-state index contributed by atoms with van der Waals surface area (Å²) in [6.07, 6.45) is 2.50. The van der Waals surface area contributed by atoms with Gasteiger partial charge in [0.25, 0.3) is 0 Å². The molecule has 1 aliphatic rings. The number of halogens is 1. The predicted molar refractivity (Wildman–Crippen MR) is 79.8 cm³/mol. The fourth-order valence-corrected chi connectivity index (χ4v) is 3.11. The molecule has 0 radical (unpaired) electrons. The van der Waals surface area contributed by atoms with Gasteiger partial charge in [-0.3, -0.25) is 0 Å². The molecule has 3 nitrogen and oxygen atoms in total. The molecule has 0 bridgehead atoms. The Balaban J connectivity index is 2.12. The van der Waals surface area contributed by atoms with Gasteiger partial charge < -0.3 is 4.90 Å². The molecule has 2 aromatic rings. The molecule has 2 heterocycles. The van der Waals surface area contributed by atoms with E-state index in [0.717, 1.165) is 23.1 Å². The molecule has 2 atom stereocenters. The fourth-order valence-electron chi connectivity index (χ4n) is 2.90. The number of aromatic nitrogens is 2. The monoisotopic (exact) mass is 275 g/mol. The van der Waals surface area contributed by atoms with Crippen LogP contribution in [0.5, 0.6) is 0 Å². The van der Waals surface area contributed by atoms with Crippen molar-refractivity contribution in [1.29, 1.82) is 0 Å². The van der Waals surface area contributed by atoms with Gasteiger partial charge in [0.2, 0.25) is 0 Å². The number of hydrogen-bond donors (Lipinski definition) is 0. The number of anilines is 1. The second-order valence-corrected chi connectivity index (χ2v) is 5.77. The molecule has 1 aliphatic heterocycles. The molecule has 19 heavy (non-hydrogen) atoms. The Morgan fingerprint density at radius 1 is 1.16 bits per heavy atom. The van der Waals surface area contributed by atoms with Crippen LogP contribution in [0.2, 0.25) is 5.15 Å². The normalized spacial score (nSPS) is 23.8. The van der Waals surface area contributed by atoms with Crippen LogP contribution >= 0.6 is 11.6 Å². The van der Waals surface area contributed by atoms with E-state index in [4.69, 9.17) is 11.6 Å². The molecule has 3 rings (SSSR count). The molecule has 100 valence electrons. The van der Waals surface area contributed by atoms with E-state index in [1.165, 1.54) is 12.8 Å². The highest BCUT2D eigenvalue weighted by Gasteiger charge is 2.27. The van der Waals surface area contributed by atoms with E-state index < -0.39 is 0 Å². The molecule has 0 spiro atoms. The number of fused-ring (bicyclic) bond motifs is 1. The van der Waals surface area contributed by atoms with Gasteiger partial charge in [-0.05, 0) is 25.7 Å². The first-order valence-electron chi connectivity index (χ1n) is 6.86. The highest BCUT2D eigenvalue weighted by molar-refractivity contribution is 6.34. The molecule has 4 heteroatoms. The maximum atomic E-state index is 6.14. The van der Waals surface area contributed by atoms with Crippen molar-refractivity contribution in [2.24, 2.45) is 5.92 Å². The lowest BCUT2D eigenvalue weighted by molar-refractivity contribution is 0.361. The highest BCUT2D eigenvalue weighted by atomic mass is 35.5. The lowest BCUT2D eigenvalue weighted by Gasteiger charge is -2.39. The summed E-state index contributed by atoms with van der Waals surface area (Å²) >= 11 is 6.14. The second kappa shape index (κ2) is 4.97. The van der Waals surface area contributed by atoms with Crippen LogP contribution < -0.4 is 4.90 Å². The molecule has 0 N–H and O–H groups in total. The second-order valence-electron chi connectivity index (χ2n) is 5.41. The minimum Gasteiger partial charge on any atom is -0.352 e. The third kappa shape index (κ3) is 2.16. The lowest BCUT2D eigenvalue weighted by atomic mass is 9.92. The van der Waals surface area contributed by atoms with Gasteiger partial charge in [-0.15, -0.1) is 10.2 Å². The van der Waals surface area contributed by atoms with Crippen LogP contribution in [0.15, 0.2) is 24.3 Å². The van der Waals surface area contributed by atoms with E-state index in [2.05, 4.69) is 35.0 Å². The minimum atomic E-state index is 0.483. The van der Waals surface area contributed by atoms with Crippen molar-refractivity contribution in [3.8, 4) is 0 Å². The van der Waals surface area contributed by atoms with Crippen LogP contribution in [0.25, 0.3) is 10.8 Å². The SMILES string of the molecule is CC1CCCN(c2nnc(Cl)c3ccccc23)C1C. The van der Waals surface area contributed by atoms with Gasteiger partial charge in [0.15, 0.2) is 11.0 Å². The fraction of sp³-hybridized carbons (Fsp3) is 0.467. The van der Waals surface area contributed by atoms with E-state index in [9.17, 15) is 0 Å². The van der Waals surface area contributed by atoms with Crippen molar-refractivity contribution >= 4 is 28.2 Å². The Labute approximate surface area is 118 Å². The summed E-state index contributed by atoms with van der Waals surface area (Å²) in [7, 11) is 0. The van der Waals surface area contributed by atoms with Gasteiger partial charge >= 0.3 is 0 Å². The zero-order valence-corrected chi connectivity index (χ0v) is 12.1. The summed E-state index contributed by atoms with van der Waals surface area (Å²) in [6.45, 7) is 5.63. The quantitative estimate of drug-likeness (QED) is 0.790. The van der Waals surface area contributed by atoms with Gasteiger partial charge in [0, 0.05) is 23.4 Å². The summed E-state index contributed by atoms with van der Waals surface area (Å²) in [4.78, 5) is 2.37. The standard InChI is InChI=1S/C15H18ClN3/c1-10-6-5-9-19(11(10)2)15-13-8-4-3-7-12(13)14(16)17-18-15/h3-4,7-8,10-11H,5-6,9H2,1-2H3. The average molecular weight is 276 g/mol. The van der Waals surface area contributed by atoms with Gasteiger partial charge in [0.05, 0.1) is 0 Å². The summed E-state index contributed by atoms with van der Waals surface area (Å²) in [5.41, 5.74) is 0. The third-order valence-electron chi connectivity index (χ3n) is 4.27. The molecule has 0 saturated carbocycles. The molecule has 2 unspecified atom stereocenters. The van der Waals surface area contributed by atoms with Crippen molar-refractivity contribution in [2.45, 2.75) is 32.7 Å². The van der Waals surface area contributed by atoms with E-state index in [1.54, 1.807) is 0 Å². The molecule has 1 aromatic heterocycles. The number of rotatable bonds is 1. The summed E-state index contributed by atoms with van der Waals surface area (Å²) in [5, 5.41) is 11.0. The van der Waals surface area contributed by atoms with E-state index in [0.29, 0.717) is 17.1 Å². The van der Waals surface area contributed by atoms with Crippen LogP contribution in [-0.2, 0) is 0 Å².